The van der Waals surface area contributed by atoms with Crippen LogP contribution in [0.2, 0.25) is 0 Å². The molecule has 0 N–H and O–H groups in total. The monoisotopic (exact) mass is 319 g/mol. The van der Waals surface area contributed by atoms with Crippen molar-refractivity contribution in [2.45, 2.75) is 27.2 Å². The van der Waals surface area contributed by atoms with Crippen LogP contribution in [-0.2, 0) is 4.79 Å². The second-order valence-electron chi connectivity index (χ2n) is 6.74. The van der Waals surface area contributed by atoms with Crippen LogP contribution in [0.3, 0.4) is 0 Å². The number of rotatable bonds is 4. The van der Waals surface area contributed by atoms with Gasteiger partial charge in [0.05, 0.1) is 11.4 Å². The lowest BCUT2D eigenvalue weighted by molar-refractivity contribution is -0.120. The van der Waals surface area contributed by atoms with Gasteiger partial charge in [-0.15, -0.1) is 0 Å². The molecule has 1 aliphatic rings. The minimum atomic E-state index is -0.772. The predicted molar refractivity (Wildman–Crippen MR) is 96.1 cm³/mol. The normalized spacial score (nSPS) is 18.2. The molecule has 0 unspecified atom stereocenters. The van der Waals surface area contributed by atoms with Gasteiger partial charge < -0.3 is 0 Å². The summed E-state index contributed by atoms with van der Waals surface area (Å²) in [4.78, 5) is 30.1. The summed E-state index contributed by atoms with van der Waals surface area (Å²) in [6.07, 6.45) is 0.386. The number of ketones is 2. The van der Waals surface area contributed by atoms with E-state index in [1.807, 2.05) is 63.2 Å². The third-order valence-corrected chi connectivity index (χ3v) is 4.22. The van der Waals surface area contributed by atoms with Crippen LogP contribution in [-0.4, -0.2) is 17.3 Å². The summed E-state index contributed by atoms with van der Waals surface area (Å²) < 4.78 is 0. The van der Waals surface area contributed by atoms with Gasteiger partial charge in [-0.1, -0.05) is 55.8 Å². The van der Waals surface area contributed by atoms with E-state index < -0.39 is 5.92 Å². The molecule has 0 amide bonds. The Balaban J connectivity index is 2.09. The maximum Gasteiger partial charge on any atom is 0.180 e. The van der Waals surface area contributed by atoms with Crippen LogP contribution in [0.25, 0.3) is 0 Å². The smallest absolute Gasteiger partial charge is 0.180 e. The topological polar surface area (TPSA) is 46.5 Å². The average molecular weight is 319 g/mol. The first-order valence-electron chi connectivity index (χ1n) is 8.29. The van der Waals surface area contributed by atoms with Crippen LogP contribution in [0.5, 0.6) is 0 Å². The maximum atomic E-state index is 12.8. The largest absolute Gasteiger partial charge is 0.298 e. The van der Waals surface area contributed by atoms with Crippen molar-refractivity contribution < 1.29 is 9.59 Å². The predicted octanol–water partition coefficient (Wildman–Crippen LogP) is 4.54. The summed E-state index contributed by atoms with van der Waals surface area (Å²) in [6, 6.07) is 15.2. The molecule has 1 atom stereocenters. The summed E-state index contributed by atoms with van der Waals surface area (Å²) in [5, 5.41) is 0. The van der Waals surface area contributed by atoms with Gasteiger partial charge in [-0.25, -0.2) is 0 Å². The summed E-state index contributed by atoms with van der Waals surface area (Å²) in [5.41, 5.74) is 3.89. The van der Waals surface area contributed by atoms with Crippen LogP contribution >= 0.6 is 0 Å². The van der Waals surface area contributed by atoms with Crippen LogP contribution in [0.1, 0.15) is 41.8 Å². The minimum Gasteiger partial charge on any atom is -0.298 e. The standard InChI is InChI=1S/C21H21NO2/c1-13(2)12-18(23)19-20(22-15-10-8-14(3)9-11-15)16-6-4-5-7-17(16)21(19)24/h4-11,13,19H,12H2,1-3H3/t19-/m1/s1. The summed E-state index contributed by atoms with van der Waals surface area (Å²) in [6.45, 7) is 5.99. The lowest BCUT2D eigenvalue weighted by atomic mass is 9.92. The van der Waals surface area contributed by atoms with Crippen LogP contribution < -0.4 is 0 Å². The van der Waals surface area contributed by atoms with E-state index in [1.165, 1.54) is 0 Å². The molecule has 3 rings (SSSR count). The van der Waals surface area contributed by atoms with Crippen molar-refractivity contribution in [2.24, 2.45) is 16.8 Å². The highest BCUT2D eigenvalue weighted by atomic mass is 16.2. The molecule has 122 valence electrons. The van der Waals surface area contributed by atoms with E-state index in [1.54, 1.807) is 6.07 Å². The molecule has 0 saturated heterocycles. The van der Waals surface area contributed by atoms with Crippen LogP contribution in [0.4, 0.5) is 5.69 Å². The molecule has 2 aromatic carbocycles. The van der Waals surface area contributed by atoms with Gasteiger partial charge in [0.15, 0.2) is 5.78 Å². The number of hydrogen-bond donors (Lipinski definition) is 0. The van der Waals surface area contributed by atoms with Crippen molar-refractivity contribution in [3.05, 3.63) is 65.2 Å². The molecule has 0 fully saturated rings. The molecule has 0 bridgehead atoms. The highest BCUT2D eigenvalue weighted by Gasteiger charge is 2.40. The van der Waals surface area contributed by atoms with E-state index in [-0.39, 0.29) is 17.5 Å². The summed E-state index contributed by atoms with van der Waals surface area (Å²) >= 11 is 0. The molecule has 3 heteroatoms. The lowest BCUT2D eigenvalue weighted by Gasteiger charge is -2.11. The molecule has 0 aliphatic heterocycles. The molecule has 0 heterocycles. The Bertz CT molecular complexity index is 816. The van der Waals surface area contributed by atoms with Gasteiger partial charge >= 0.3 is 0 Å². The molecule has 24 heavy (non-hydrogen) atoms. The lowest BCUT2D eigenvalue weighted by Crippen LogP contribution is -2.27. The maximum absolute atomic E-state index is 12.8. The zero-order valence-corrected chi connectivity index (χ0v) is 14.2. The fourth-order valence-electron chi connectivity index (χ4n) is 3.06. The number of Topliss-reactive ketones (excluding diaryl/α,β-unsaturated/α-hetero) is 2. The van der Waals surface area contributed by atoms with Crippen molar-refractivity contribution in [3.8, 4) is 0 Å². The number of carbonyl (C=O) groups excluding carboxylic acids is 2. The molecule has 2 aromatic rings. The Kier molecular flexibility index (Phi) is 4.43. The number of hydrogen-bond acceptors (Lipinski definition) is 3. The van der Waals surface area contributed by atoms with Gasteiger partial charge in [-0.2, -0.15) is 0 Å². The number of carbonyl (C=O) groups is 2. The van der Waals surface area contributed by atoms with E-state index in [4.69, 9.17) is 0 Å². The van der Waals surface area contributed by atoms with Gasteiger partial charge in [0.25, 0.3) is 0 Å². The van der Waals surface area contributed by atoms with Crippen molar-refractivity contribution in [3.63, 3.8) is 0 Å². The Hall–Kier alpha value is -2.55. The number of aryl methyl sites for hydroxylation is 1. The second-order valence-corrected chi connectivity index (χ2v) is 6.74. The van der Waals surface area contributed by atoms with Crippen LogP contribution in [0, 0.1) is 18.8 Å². The fourth-order valence-corrected chi connectivity index (χ4v) is 3.06. The Labute approximate surface area is 142 Å². The van der Waals surface area contributed by atoms with E-state index in [0.29, 0.717) is 17.7 Å². The SMILES string of the molecule is Cc1ccc(N=C2c3ccccc3C(=O)[C@@H]2C(=O)CC(C)C)cc1. The van der Waals surface area contributed by atoms with Gasteiger partial charge in [-0.05, 0) is 25.0 Å². The highest BCUT2D eigenvalue weighted by Crippen LogP contribution is 2.31. The molecular weight excluding hydrogens is 298 g/mol. The van der Waals surface area contributed by atoms with Crippen LogP contribution in [0.15, 0.2) is 53.5 Å². The number of fused-ring (bicyclic) bond motifs is 1. The first-order chi connectivity index (χ1) is 11.5. The second kappa shape index (κ2) is 6.52. The zero-order valence-electron chi connectivity index (χ0n) is 14.2. The van der Waals surface area contributed by atoms with Crippen molar-refractivity contribution >= 4 is 23.0 Å². The van der Waals surface area contributed by atoms with E-state index in [0.717, 1.165) is 16.8 Å². The first kappa shape index (κ1) is 16.3. The third kappa shape index (κ3) is 3.07. The summed E-state index contributed by atoms with van der Waals surface area (Å²) in [5.74, 6) is -0.722. The summed E-state index contributed by atoms with van der Waals surface area (Å²) in [7, 11) is 0. The fraction of sp³-hybridized carbons (Fsp3) is 0.286. The minimum absolute atomic E-state index is 0.0444. The van der Waals surface area contributed by atoms with Gasteiger partial charge in [-0.3, -0.25) is 14.6 Å². The van der Waals surface area contributed by atoms with Gasteiger partial charge in [0.1, 0.15) is 11.7 Å². The van der Waals surface area contributed by atoms with Crippen molar-refractivity contribution in [1.29, 1.82) is 0 Å². The molecule has 3 nitrogen and oxygen atoms in total. The number of nitrogens with zero attached hydrogens (tertiary/aromatic N) is 1. The third-order valence-electron chi connectivity index (χ3n) is 4.22. The first-order valence-corrected chi connectivity index (χ1v) is 8.29. The molecule has 0 radical (unpaired) electrons. The van der Waals surface area contributed by atoms with Crippen molar-refractivity contribution in [2.75, 3.05) is 0 Å². The molecule has 0 saturated carbocycles. The van der Waals surface area contributed by atoms with Crippen molar-refractivity contribution in [1.82, 2.24) is 0 Å². The van der Waals surface area contributed by atoms with Gasteiger partial charge in [0, 0.05) is 17.5 Å². The Morgan fingerprint density at radius 3 is 2.29 bits per heavy atom. The zero-order chi connectivity index (χ0) is 17.3. The number of benzene rings is 2. The van der Waals surface area contributed by atoms with E-state index in [2.05, 4.69) is 4.99 Å². The van der Waals surface area contributed by atoms with E-state index in [9.17, 15) is 9.59 Å². The molecule has 0 aromatic heterocycles. The van der Waals surface area contributed by atoms with Gasteiger partial charge in [0.2, 0.25) is 0 Å². The molecule has 1 aliphatic carbocycles. The Morgan fingerprint density at radius 1 is 1.04 bits per heavy atom. The van der Waals surface area contributed by atoms with E-state index >= 15 is 0 Å². The Morgan fingerprint density at radius 2 is 1.67 bits per heavy atom. The number of aliphatic imine (C=N–C) groups is 1. The molecule has 0 spiro atoms. The average Bonchev–Trinajstić information content (AvgIpc) is 2.82. The highest BCUT2D eigenvalue weighted by molar-refractivity contribution is 6.37. The molecular formula is C21H21NO2. The quantitative estimate of drug-likeness (QED) is 0.776.